The molecule has 0 fully saturated rings. The first-order valence-electron chi connectivity index (χ1n) is 5.50. The summed E-state index contributed by atoms with van der Waals surface area (Å²) in [4.78, 5) is 14.4. The van der Waals surface area contributed by atoms with Gasteiger partial charge >= 0.3 is 0 Å². The van der Waals surface area contributed by atoms with Crippen LogP contribution in [-0.4, -0.2) is 19.9 Å². The highest BCUT2D eigenvalue weighted by atomic mass is 79.9. The molecule has 0 atom stereocenters. The molecular formula is C11H10BrClN2O3S2. The molecule has 0 spiro atoms. The van der Waals surface area contributed by atoms with Crippen LogP contribution in [0.1, 0.15) is 4.88 Å². The van der Waals surface area contributed by atoms with Crippen molar-refractivity contribution < 1.29 is 8.42 Å². The van der Waals surface area contributed by atoms with Gasteiger partial charge in [0.05, 0.1) is 8.68 Å². The van der Waals surface area contributed by atoms with E-state index in [1.54, 1.807) is 11.3 Å². The Bertz CT molecular complexity index is 770. The van der Waals surface area contributed by atoms with Gasteiger partial charge in [-0.05, 0) is 40.5 Å². The van der Waals surface area contributed by atoms with Gasteiger partial charge in [0, 0.05) is 17.6 Å². The van der Waals surface area contributed by atoms with Gasteiger partial charge in [-0.2, -0.15) is 0 Å². The summed E-state index contributed by atoms with van der Waals surface area (Å²) < 4.78 is 27.5. The zero-order chi connectivity index (χ0) is 14.8. The third-order valence-corrected chi connectivity index (χ3v) is 5.84. The molecule has 2 rings (SSSR count). The van der Waals surface area contributed by atoms with E-state index in [2.05, 4.69) is 25.6 Å². The van der Waals surface area contributed by atoms with Crippen molar-refractivity contribution in [2.75, 3.05) is 6.54 Å². The first-order chi connectivity index (χ1) is 9.38. The quantitative estimate of drug-likeness (QED) is 0.813. The highest BCUT2D eigenvalue weighted by Crippen LogP contribution is 2.22. The van der Waals surface area contributed by atoms with Crippen molar-refractivity contribution in [2.24, 2.45) is 0 Å². The molecule has 20 heavy (non-hydrogen) atoms. The monoisotopic (exact) mass is 396 g/mol. The lowest BCUT2D eigenvalue weighted by Crippen LogP contribution is -2.26. The van der Waals surface area contributed by atoms with E-state index in [-0.39, 0.29) is 16.5 Å². The van der Waals surface area contributed by atoms with E-state index in [9.17, 15) is 13.2 Å². The molecule has 0 radical (unpaired) electrons. The smallest absolute Gasteiger partial charge is 0.266 e. The normalized spacial score (nSPS) is 11.7. The van der Waals surface area contributed by atoms with Crippen molar-refractivity contribution in [1.29, 1.82) is 0 Å². The maximum Gasteiger partial charge on any atom is 0.266 e. The van der Waals surface area contributed by atoms with Crippen LogP contribution in [0.3, 0.4) is 0 Å². The van der Waals surface area contributed by atoms with Crippen LogP contribution in [0, 0.1) is 0 Å². The van der Waals surface area contributed by atoms with E-state index < -0.39 is 15.6 Å². The Morgan fingerprint density at radius 3 is 2.75 bits per heavy atom. The molecule has 2 heterocycles. The molecule has 2 aromatic rings. The van der Waals surface area contributed by atoms with Crippen LogP contribution in [0.4, 0.5) is 0 Å². The summed E-state index contributed by atoms with van der Waals surface area (Å²) >= 11 is 10.5. The summed E-state index contributed by atoms with van der Waals surface area (Å²) in [5.41, 5.74) is -0.519. The molecular weight excluding hydrogens is 388 g/mol. The molecule has 0 saturated heterocycles. The largest absolute Gasteiger partial charge is 0.326 e. The standard InChI is InChI=1S/C11H10BrClN2O3S2/c12-10-2-1-7(19-10)3-4-15-20(17,18)8-5-9(13)11(16)14-6-8/h1-2,5-6,15H,3-4H2,(H,14,16). The zero-order valence-corrected chi connectivity index (χ0v) is 14.0. The van der Waals surface area contributed by atoms with Gasteiger partial charge in [-0.3, -0.25) is 4.79 Å². The fourth-order valence-corrected chi connectivity index (χ4v) is 4.21. The number of aromatic nitrogens is 1. The SMILES string of the molecule is O=c1[nH]cc(S(=O)(=O)NCCc2ccc(Br)s2)cc1Cl. The Hall–Kier alpha value is -0.670. The highest BCUT2D eigenvalue weighted by molar-refractivity contribution is 9.11. The van der Waals surface area contributed by atoms with Crippen LogP contribution < -0.4 is 10.3 Å². The zero-order valence-electron chi connectivity index (χ0n) is 10.0. The van der Waals surface area contributed by atoms with Gasteiger partial charge in [-0.25, -0.2) is 13.1 Å². The Kier molecular flexibility index (Phi) is 5.03. The summed E-state index contributed by atoms with van der Waals surface area (Å²) in [6.07, 6.45) is 1.71. The van der Waals surface area contributed by atoms with Crippen molar-refractivity contribution >= 4 is 48.9 Å². The van der Waals surface area contributed by atoms with E-state index in [1.807, 2.05) is 12.1 Å². The number of thiophene rings is 1. The van der Waals surface area contributed by atoms with Crippen LogP contribution in [0.2, 0.25) is 5.02 Å². The summed E-state index contributed by atoms with van der Waals surface area (Å²) in [7, 11) is -3.67. The van der Waals surface area contributed by atoms with Gasteiger partial charge in [0.1, 0.15) is 5.02 Å². The summed E-state index contributed by atoms with van der Waals surface area (Å²) in [6.45, 7) is 0.270. The molecule has 2 aromatic heterocycles. The summed E-state index contributed by atoms with van der Waals surface area (Å²) in [5, 5.41) is -0.157. The second-order valence-electron chi connectivity index (χ2n) is 3.87. The van der Waals surface area contributed by atoms with Crippen molar-refractivity contribution in [3.05, 3.63) is 48.4 Å². The third kappa shape index (κ3) is 3.92. The van der Waals surface area contributed by atoms with Crippen LogP contribution in [0.15, 0.2) is 37.9 Å². The molecule has 0 aliphatic heterocycles. The number of nitrogens with one attached hydrogen (secondary N) is 2. The van der Waals surface area contributed by atoms with Crippen LogP contribution in [0.25, 0.3) is 0 Å². The third-order valence-electron chi connectivity index (χ3n) is 2.43. The average Bonchev–Trinajstić information content (AvgIpc) is 2.78. The van der Waals surface area contributed by atoms with Gasteiger partial charge in [0.25, 0.3) is 5.56 Å². The van der Waals surface area contributed by atoms with Crippen LogP contribution in [-0.2, 0) is 16.4 Å². The molecule has 0 saturated carbocycles. The van der Waals surface area contributed by atoms with Gasteiger partial charge in [0.15, 0.2) is 0 Å². The van der Waals surface area contributed by atoms with E-state index >= 15 is 0 Å². The molecule has 5 nitrogen and oxygen atoms in total. The molecule has 0 amide bonds. The number of hydrogen-bond acceptors (Lipinski definition) is 4. The van der Waals surface area contributed by atoms with Crippen molar-refractivity contribution in [3.63, 3.8) is 0 Å². The Morgan fingerprint density at radius 1 is 1.40 bits per heavy atom. The van der Waals surface area contributed by atoms with Gasteiger partial charge < -0.3 is 4.98 Å². The lowest BCUT2D eigenvalue weighted by molar-refractivity contribution is 0.581. The number of rotatable bonds is 5. The summed E-state index contributed by atoms with van der Waals surface area (Å²) in [5.74, 6) is 0. The first kappa shape index (κ1) is 15.7. The first-order valence-corrected chi connectivity index (χ1v) is 8.98. The van der Waals surface area contributed by atoms with E-state index in [0.717, 1.165) is 20.9 Å². The number of hydrogen-bond donors (Lipinski definition) is 2. The minimum absolute atomic E-state index is 0.0607. The molecule has 0 aliphatic carbocycles. The summed E-state index contributed by atoms with van der Waals surface area (Å²) in [6, 6.07) is 4.97. The number of H-pyrrole nitrogens is 1. The maximum absolute atomic E-state index is 12.0. The van der Waals surface area contributed by atoms with Gasteiger partial charge in [-0.1, -0.05) is 11.6 Å². The van der Waals surface area contributed by atoms with E-state index in [4.69, 9.17) is 11.6 Å². The second kappa shape index (κ2) is 6.40. The van der Waals surface area contributed by atoms with Gasteiger partial charge in [0.2, 0.25) is 10.0 Å². The van der Waals surface area contributed by atoms with Gasteiger partial charge in [-0.15, -0.1) is 11.3 Å². The van der Waals surface area contributed by atoms with Crippen LogP contribution >= 0.6 is 38.9 Å². The number of pyridine rings is 1. The average molecular weight is 398 g/mol. The van der Waals surface area contributed by atoms with E-state index in [1.165, 1.54) is 0 Å². The number of halogens is 2. The van der Waals surface area contributed by atoms with Crippen molar-refractivity contribution in [1.82, 2.24) is 9.71 Å². The lowest BCUT2D eigenvalue weighted by atomic mass is 10.3. The number of aromatic amines is 1. The number of sulfonamides is 1. The fourth-order valence-electron chi connectivity index (χ4n) is 1.47. The van der Waals surface area contributed by atoms with Crippen molar-refractivity contribution in [3.8, 4) is 0 Å². The molecule has 108 valence electrons. The predicted molar refractivity (Wildman–Crippen MR) is 83.0 cm³/mol. The maximum atomic E-state index is 12.0. The Morgan fingerprint density at radius 2 is 2.15 bits per heavy atom. The molecule has 0 bridgehead atoms. The van der Waals surface area contributed by atoms with Crippen LogP contribution in [0.5, 0.6) is 0 Å². The molecule has 0 aromatic carbocycles. The second-order valence-corrected chi connectivity index (χ2v) is 8.59. The molecule has 2 N–H and O–H groups in total. The minimum Gasteiger partial charge on any atom is -0.326 e. The predicted octanol–water partition coefficient (Wildman–Crippen LogP) is 2.37. The van der Waals surface area contributed by atoms with E-state index in [0.29, 0.717) is 6.42 Å². The topological polar surface area (TPSA) is 79.0 Å². The minimum atomic E-state index is -3.67. The molecule has 0 aliphatic rings. The highest BCUT2D eigenvalue weighted by Gasteiger charge is 2.15. The molecule has 0 unspecified atom stereocenters. The fraction of sp³-hybridized carbons (Fsp3) is 0.182. The Balaban J connectivity index is 2.03. The Labute approximate surface area is 133 Å². The lowest BCUT2D eigenvalue weighted by Gasteiger charge is -2.06. The molecule has 9 heteroatoms. The van der Waals surface area contributed by atoms with Crippen molar-refractivity contribution in [2.45, 2.75) is 11.3 Å².